The van der Waals surface area contributed by atoms with Crippen molar-refractivity contribution < 1.29 is 23.8 Å². The van der Waals surface area contributed by atoms with Crippen molar-refractivity contribution >= 4 is 23.8 Å². The number of nitrogens with zero attached hydrogens (tertiary/aromatic N) is 5. The number of guanidine groups is 1. The number of hydrogen-bond donors (Lipinski definition) is 1. The van der Waals surface area contributed by atoms with Gasteiger partial charge < -0.3 is 24.0 Å². The van der Waals surface area contributed by atoms with Gasteiger partial charge in [-0.15, -0.1) is 0 Å². The minimum Gasteiger partial charge on any atom is -0.493 e. The molecule has 1 saturated heterocycles. The summed E-state index contributed by atoms with van der Waals surface area (Å²) in [5.74, 6) is -0.0442. The van der Waals surface area contributed by atoms with Gasteiger partial charge in [-0.2, -0.15) is 0 Å². The standard InChI is InChI=1S/C23H28N6O5/c1-4-34-21(31)18-19(15-6-7-16(32-2)17(14-15)33-3)26-23(27-20(18)30)29-12-10-28(11-13-29)22-24-8-5-9-25-22/h5-9,14,18-19H,4,10-13H2,1-3H3,(H,26,27,30)/t18-,19-/m1/s1. The van der Waals surface area contributed by atoms with Gasteiger partial charge in [-0.25, -0.2) is 15.0 Å². The lowest BCUT2D eigenvalue weighted by Gasteiger charge is -2.38. The number of carbonyl (C=O) groups is 2. The maximum atomic E-state index is 13.1. The van der Waals surface area contributed by atoms with Crippen molar-refractivity contribution in [2.75, 3.05) is 51.9 Å². The molecule has 1 fully saturated rings. The van der Waals surface area contributed by atoms with Gasteiger partial charge in [0, 0.05) is 38.6 Å². The molecule has 34 heavy (non-hydrogen) atoms. The van der Waals surface area contributed by atoms with E-state index in [9.17, 15) is 9.59 Å². The first-order valence-electron chi connectivity index (χ1n) is 11.1. The Balaban J connectivity index is 1.61. The molecule has 0 unspecified atom stereocenters. The molecule has 1 N–H and O–H groups in total. The summed E-state index contributed by atoms with van der Waals surface area (Å²) in [4.78, 5) is 43.3. The number of ether oxygens (including phenoxy) is 3. The van der Waals surface area contributed by atoms with E-state index in [1.807, 2.05) is 4.90 Å². The highest BCUT2D eigenvalue weighted by atomic mass is 16.5. The van der Waals surface area contributed by atoms with Crippen molar-refractivity contribution in [3.63, 3.8) is 0 Å². The van der Waals surface area contributed by atoms with E-state index in [1.165, 1.54) is 7.11 Å². The summed E-state index contributed by atoms with van der Waals surface area (Å²) >= 11 is 0. The first-order chi connectivity index (χ1) is 16.5. The van der Waals surface area contributed by atoms with Gasteiger partial charge >= 0.3 is 5.97 Å². The zero-order valence-corrected chi connectivity index (χ0v) is 19.4. The summed E-state index contributed by atoms with van der Waals surface area (Å²) in [6.07, 6.45) is 3.42. The number of esters is 1. The fourth-order valence-electron chi connectivity index (χ4n) is 4.08. The monoisotopic (exact) mass is 468 g/mol. The number of anilines is 1. The average Bonchev–Trinajstić information content (AvgIpc) is 2.88. The number of aliphatic imine (C=N–C) groups is 1. The number of rotatable bonds is 6. The molecule has 180 valence electrons. The average molecular weight is 469 g/mol. The van der Waals surface area contributed by atoms with Crippen LogP contribution in [0.3, 0.4) is 0 Å². The van der Waals surface area contributed by atoms with Gasteiger partial charge in [0.2, 0.25) is 17.8 Å². The van der Waals surface area contributed by atoms with E-state index in [4.69, 9.17) is 19.2 Å². The van der Waals surface area contributed by atoms with Gasteiger partial charge in [0.05, 0.1) is 20.8 Å². The molecule has 1 amide bonds. The van der Waals surface area contributed by atoms with Gasteiger partial charge in [-0.3, -0.25) is 14.9 Å². The molecule has 4 rings (SSSR count). The highest BCUT2D eigenvalue weighted by Crippen LogP contribution is 2.36. The maximum Gasteiger partial charge on any atom is 0.321 e. The van der Waals surface area contributed by atoms with Crippen LogP contribution in [0.15, 0.2) is 41.7 Å². The quantitative estimate of drug-likeness (QED) is 0.490. The molecule has 2 aliphatic rings. The zero-order chi connectivity index (χ0) is 24.1. The van der Waals surface area contributed by atoms with Gasteiger partial charge in [-0.1, -0.05) is 6.07 Å². The van der Waals surface area contributed by atoms with Crippen LogP contribution in [0.1, 0.15) is 18.5 Å². The summed E-state index contributed by atoms with van der Waals surface area (Å²) in [5.41, 5.74) is 0.652. The predicted octanol–water partition coefficient (Wildman–Crippen LogP) is 1.02. The molecule has 11 heteroatoms. The third-order valence-electron chi connectivity index (χ3n) is 5.80. The van der Waals surface area contributed by atoms with Gasteiger partial charge in [0.15, 0.2) is 17.4 Å². The summed E-state index contributed by atoms with van der Waals surface area (Å²) in [5, 5.41) is 2.81. The zero-order valence-electron chi connectivity index (χ0n) is 19.4. The van der Waals surface area contributed by atoms with Crippen LogP contribution >= 0.6 is 0 Å². The largest absolute Gasteiger partial charge is 0.493 e. The van der Waals surface area contributed by atoms with Crippen molar-refractivity contribution in [2.24, 2.45) is 10.9 Å². The molecule has 0 saturated carbocycles. The van der Waals surface area contributed by atoms with E-state index in [0.29, 0.717) is 55.1 Å². The second-order valence-corrected chi connectivity index (χ2v) is 7.75. The Kier molecular flexibility index (Phi) is 7.09. The van der Waals surface area contributed by atoms with Crippen molar-refractivity contribution in [1.82, 2.24) is 20.2 Å². The smallest absolute Gasteiger partial charge is 0.321 e. The van der Waals surface area contributed by atoms with Crippen molar-refractivity contribution in [1.29, 1.82) is 0 Å². The van der Waals surface area contributed by atoms with E-state index >= 15 is 0 Å². The van der Waals surface area contributed by atoms with Crippen LogP contribution in [0, 0.1) is 5.92 Å². The summed E-state index contributed by atoms with van der Waals surface area (Å²) in [6.45, 7) is 4.43. The second kappa shape index (κ2) is 10.4. The number of carbonyl (C=O) groups excluding carboxylic acids is 2. The van der Waals surface area contributed by atoms with Crippen LogP contribution in [-0.4, -0.2) is 79.7 Å². The van der Waals surface area contributed by atoms with Crippen LogP contribution in [-0.2, 0) is 14.3 Å². The number of nitrogens with one attached hydrogen (secondary N) is 1. The Morgan fingerprint density at radius 2 is 1.74 bits per heavy atom. The lowest BCUT2D eigenvalue weighted by molar-refractivity contribution is -0.153. The molecule has 1 aromatic carbocycles. The third-order valence-corrected chi connectivity index (χ3v) is 5.80. The molecule has 1 aromatic heterocycles. The molecule has 0 aliphatic carbocycles. The molecule has 2 atom stereocenters. The number of piperazine rings is 1. The topological polar surface area (TPSA) is 118 Å². The normalized spacial score (nSPS) is 20.3. The number of benzene rings is 1. The maximum absolute atomic E-state index is 13.1. The number of methoxy groups -OCH3 is 2. The minimum atomic E-state index is -1.11. The van der Waals surface area contributed by atoms with Crippen molar-refractivity contribution in [2.45, 2.75) is 13.0 Å². The molecule has 0 bridgehead atoms. The molecule has 3 heterocycles. The predicted molar refractivity (Wildman–Crippen MR) is 124 cm³/mol. The van der Waals surface area contributed by atoms with Crippen LogP contribution in [0.4, 0.5) is 5.95 Å². The van der Waals surface area contributed by atoms with Crippen molar-refractivity contribution in [3.8, 4) is 11.5 Å². The van der Waals surface area contributed by atoms with E-state index in [1.54, 1.807) is 50.7 Å². The Morgan fingerprint density at radius 1 is 1.06 bits per heavy atom. The van der Waals surface area contributed by atoms with Gasteiger partial charge in [0.25, 0.3) is 0 Å². The Labute approximate surface area is 197 Å². The SMILES string of the molecule is CCOC(=O)[C@H]1C(=O)NC(N2CCN(c3ncccn3)CC2)=N[C@@H]1c1ccc(OC)c(OC)c1. The van der Waals surface area contributed by atoms with Crippen LogP contribution < -0.4 is 19.7 Å². The molecule has 2 aliphatic heterocycles. The first-order valence-corrected chi connectivity index (χ1v) is 11.1. The first kappa shape index (κ1) is 23.3. The van der Waals surface area contributed by atoms with Crippen LogP contribution in [0.25, 0.3) is 0 Å². The highest BCUT2D eigenvalue weighted by molar-refractivity contribution is 6.08. The number of amides is 1. The molecule has 0 spiro atoms. The second-order valence-electron chi connectivity index (χ2n) is 7.75. The lowest BCUT2D eigenvalue weighted by Crippen LogP contribution is -2.57. The van der Waals surface area contributed by atoms with Gasteiger partial charge in [-0.05, 0) is 30.7 Å². The van der Waals surface area contributed by atoms with E-state index in [-0.39, 0.29) is 6.61 Å². The summed E-state index contributed by atoms with van der Waals surface area (Å²) in [6, 6.07) is 6.26. The van der Waals surface area contributed by atoms with Crippen LogP contribution in [0.2, 0.25) is 0 Å². The fraction of sp³-hybridized carbons (Fsp3) is 0.435. The number of aromatic nitrogens is 2. The Morgan fingerprint density at radius 3 is 2.38 bits per heavy atom. The summed E-state index contributed by atoms with van der Waals surface area (Å²) in [7, 11) is 3.08. The Hall–Kier alpha value is -3.89. The molecular formula is C23H28N6O5. The molecule has 11 nitrogen and oxygen atoms in total. The lowest BCUT2D eigenvalue weighted by atomic mass is 9.91. The summed E-state index contributed by atoms with van der Waals surface area (Å²) < 4.78 is 15.9. The molecular weight excluding hydrogens is 440 g/mol. The third kappa shape index (κ3) is 4.73. The Bertz CT molecular complexity index is 1060. The van der Waals surface area contributed by atoms with Gasteiger partial charge in [0.1, 0.15) is 6.04 Å². The molecule has 0 radical (unpaired) electrons. The minimum absolute atomic E-state index is 0.168. The van der Waals surface area contributed by atoms with Crippen molar-refractivity contribution in [3.05, 3.63) is 42.2 Å². The van der Waals surface area contributed by atoms with E-state index in [2.05, 4.69) is 20.2 Å². The van der Waals surface area contributed by atoms with E-state index < -0.39 is 23.8 Å². The molecule has 2 aromatic rings. The van der Waals surface area contributed by atoms with Crippen LogP contribution in [0.5, 0.6) is 11.5 Å². The highest BCUT2D eigenvalue weighted by Gasteiger charge is 2.42. The number of hydrogen-bond acceptors (Lipinski definition) is 10. The van der Waals surface area contributed by atoms with E-state index in [0.717, 1.165) is 0 Å². The fourth-order valence-corrected chi connectivity index (χ4v) is 4.08.